The second kappa shape index (κ2) is 8.91. The van der Waals surface area contributed by atoms with Gasteiger partial charge in [0, 0.05) is 40.5 Å². The summed E-state index contributed by atoms with van der Waals surface area (Å²) in [6.45, 7) is 3.96. The van der Waals surface area contributed by atoms with Crippen molar-refractivity contribution in [2.75, 3.05) is 5.32 Å². The minimum Gasteiger partial charge on any atom is -0.451 e. The fraction of sp³-hybridized carbons (Fsp3) is 0.120. The third-order valence-electron chi connectivity index (χ3n) is 5.15. The molecule has 33 heavy (non-hydrogen) atoms. The van der Waals surface area contributed by atoms with E-state index in [1.54, 1.807) is 18.5 Å². The molecule has 0 atom stereocenters. The van der Waals surface area contributed by atoms with E-state index in [1.807, 2.05) is 73.1 Å². The molecule has 5 aromatic rings. The lowest BCUT2D eigenvalue weighted by Gasteiger charge is -2.09. The average Bonchev–Trinajstić information content (AvgIpc) is 3.37. The van der Waals surface area contributed by atoms with Gasteiger partial charge in [-0.2, -0.15) is 5.10 Å². The van der Waals surface area contributed by atoms with Gasteiger partial charge in [0.25, 0.3) is 5.91 Å². The summed E-state index contributed by atoms with van der Waals surface area (Å²) < 4.78 is 7.83. The van der Waals surface area contributed by atoms with Crippen LogP contribution in [0.15, 0.2) is 82.6 Å². The topological polar surface area (TPSA) is 85.8 Å². The van der Waals surface area contributed by atoms with Crippen LogP contribution in [0.5, 0.6) is 0 Å². The van der Waals surface area contributed by atoms with E-state index in [0.717, 1.165) is 28.0 Å². The van der Waals surface area contributed by atoms with Crippen molar-refractivity contribution in [1.29, 1.82) is 0 Å². The molecule has 3 aromatic heterocycles. The Balaban J connectivity index is 1.44. The smallest absolute Gasteiger partial charge is 0.291 e. The molecule has 2 aromatic carbocycles. The maximum absolute atomic E-state index is 13.3. The first-order chi connectivity index (χ1) is 16.1. The van der Waals surface area contributed by atoms with Crippen molar-refractivity contribution in [1.82, 2.24) is 19.7 Å². The van der Waals surface area contributed by atoms with Crippen LogP contribution < -0.4 is 5.32 Å². The number of nitrogens with one attached hydrogen (secondary N) is 1. The molecular formula is C25H21N5O2S. The quantitative estimate of drug-likeness (QED) is 0.266. The van der Waals surface area contributed by atoms with Gasteiger partial charge in [-0.15, -0.1) is 0 Å². The van der Waals surface area contributed by atoms with Gasteiger partial charge in [0.15, 0.2) is 10.9 Å². The number of benzene rings is 2. The molecule has 1 N–H and O–H groups in total. The van der Waals surface area contributed by atoms with Gasteiger partial charge in [0.1, 0.15) is 5.58 Å². The molecule has 3 heterocycles. The molecule has 0 aliphatic carbocycles. The van der Waals surface area contributed by atoms with Crippen LogP contribution in [-0.4, -0.2) is 25.7 Å². The van der Waals surface area contributed by atoms with Gasteiger partial charge >= 0.3 is 0 Å². The first kappa shape index (κ1) is 21.0. The lowest BCUT2D eigenvalue weighted by molar-refractivity contribution is 0.0998. The molecule has 7 nitrogen and oxygen atoms in total. The molecule has 164 valence electrons. The number of aromatic nitrogens is 4. The highest BCUT2D eigenvalue weighted by Crippen LogP contribution is 2.31. The SMILES string of the molecule is Cc1cc(C)n(-c2cccc(NC(=O)c3oc4ccccc4c3CSc3ncccn3)c2)n1. The van der Waals surface area contributed by atoms with Crippen molar-refractivity contribution in [2.45, 2.75) is 24.8 Å². The van der Waals surface area contributed by atoms with Gasteiger partial charge in [0.2, 0.25) is 0 Å². The molecule has 5 rings (SSSR count). The number of furan rings is 1. The summed E-state index contributed by atoms with van der Waals surface area (Å²) in [6.07, 6.45) is 3.40. The Morgan fingerprint density at radius 2 is 1.85 bits per heavy atom. The number of carbonyl (C=O) groups excluding carboxylic acids is 1. The molecule has 0 spiro atoms. The Bertz CT molecular complexity index is 1440. The summed E-state index contributed by atoms with van der Waals surface area (Å²) in [5.41, 5.74) is 4.99. The number of amides is 1. The van der Waals surface area contributed by atoms with E-state index in [0.29, 0.717) is 22.2 Å². The van der Waals surface area contributed by atoms with Crippen molar-refractivity contribution in [3.8, 4) is 5.69 Å². The number of aryl methyl sites for hydroxylation is 2. The number of fused-ring (bicyclic) bond motifs is 1. The first-order valence-corrected chi connectivity index (χ1v) is 11.4. The molecular weight excluding hydrogens is 434 g/mol. The molecule has 8 heteroatoms. The molecule has 0 aliphatic rings. The van der Waals surface area contributed by atoms with Crippen LogP contribution in [0.25, 0.3) is 16.7 Å². The van der Waals surface area contributed by atoms with Gasteiger partial charge in [0.05, 0.1) is 11.4 Å². The number of anilines is 1. The Labute approximate surface area is 194 Å². The minimum absolute atomic E-state index is 0.288. The molecule has 0 fully saturated rings. The Kier molecular flexibility index (Phi) is 5.66. The zero-order chi connectivity index (χ0) is 22.8. The molecule has 0 aliphatic heterocycles. The third kappa shape index (κ3) is 4.38. The van der Waals surface area contributed by atoms with Crippen molar-refractivity contribution >= 4 is 34.3 Å². The lowest BCUT2D eigenvalue weighted by Crippen LogP contribution is -2.13. The lowest BCUT2D eigenvalue weighted by atomic mass is 10.1. The summed E-state index contributed by atoms with van der Waals surface area (Å²) in [4.78, 5) is 21.8. The minimum atomic E-state index is -0.304. The van der Waals surface area contributed by atoms with Crippen molar-refractivity contribution in [3.63, 3.8) is 0 Å². The predicted molar refractivity (Wildman–Crippen MR) is 129 cm³/mol. The normalized spacial score (nSPS) is 11.1. The molecule has 0 saturated heterocycles. The fourth-order valence-electron chi connectivity index (χ4n) is 3.72. The maximum Gasteiger partial charge on any atom is 0.291 e. The first-order valence-electron chi connectivity index (χ1n) is 10.4. The molecule has 0 radical (unpaired) electrons. The highest BCUT2D eigenvalue weighted by atomic mass is 32.2. The van der Waals surface area contributed by atoms with Crippen molar-refractivity contribution in [3.05, 3.63) is 95.8 Å². The van der Waals surface area contributed by atoms with Gasteiger partial charge in [-0.25, -0.2) is 14.6 Å². The largest absolute Gasteiger partial charge is 0.451 e. The highest BCUT2D eigenvalue weighted by molar-refractivity contribution is 7.98. The van der Waals surface area contributed by atoms with E-state index >= 15 is 0 Å². The van der Waals surface area contributed by atoms with Crippen LogP contribution in [0.2, 0.25) is 0 Å². The number of nitrogens with zero attached hydrogens (tertiary/aromatic N) is 4. The standard InChI is InChI=1S/C25H21N5O2S/c1-16-13-17(2)30(29-16)19-8-5-7-18(14-19)28-24(31)23-21(15-33-25-26-11-6-12-27-25)20-9-3-4-10-22(20)32-23/h3-14H,15H2,1-2H3,(H,28,31). The van der Waals surface area contributed by atoms with E-state index in [4.69, 9.17) is 4.42 Å². The monoisotopic (exact) mass is 455 g/mol. The summed E-state index contributed by atoms with van der Waals surface area (Å²) in [5.74, 6) is 0.493. The van der Waals surface area contributed by atoms with E-state index in [9.17, 15) is 4.79 Å². The summed E-state index contributed by atoms with van der Waals surface area (Å²) in [7, 11) is 0. The van der Waals surface area contributed by atoms with Gasteiger partial charge in [-0.05, 0) is 50.2 Å². The van der Waals surface area contributed by atoms with E-state index in [2.05, 4.69) is 20.4 Å². The maximum atomic E-state index is 13.3. The number of hydrogen-bond acceptors (Lipinski definition) is 6. The van der Waals surface area contributed by atoms with Gasteiger partial charge in [-0.3, -0.25) is 4.79 Å². The van der Waals surface area contributed by atoms with Crippen LogP contribution in [0.1, 0.15) is 27.5 Å². The Hall–Kier alpha value is -3.91. The number of hydrogen-bond donors (Lipinski definition) is 1. The van der Waals surface area contributed by atoms with Gasteiger partial charge < -0.3 is 9.73 Å². The zero-order valence-corrected chi connectivity index (χ0v) is 19.0. The Morgan fingerprint density at radius 3 is 2.64 bits per heavy atom. The zero-order valence-electron chi connectivity index (χ0n) is 18.1. The van der Waals surface area contributed by atoms with Gasteiger partial charge in [-0.1, -0.05) is 36.0 Å². The number of thioether (sulfide) groups is 1. The fourth-order valence-corrected chi connectivity index (χ4v) is 4.55. The van der Waals surface area contributed by atoms with E-state index < -0.39 is 0 Å². The molecule has 1 amide bonds. The predicted octanol–water partition coefficient (Wildman–Crippen LogP) is 5.57. The van der Waals surface area contributed by atoms with Crippen LogP contribution in [0.4, 0.5) is 5.69 Å². The average molecular weight is 456 g/mol. The van der Waals surface area contributed by atoms with E-state index in [1.165, 1.54) is 11.8 Å². The number of para-hydroxylation sites is 1. The third-order valence-corrected chi connectivity index (χ3v) is 6.05. The molecule has 0 unspecified atom stereocenters. The second-order valence-electron chi connectivity index (χ2n) is 7.57. The van der Waals surface area contributed by atoms with E-state index in [-0.39, 0.29) is 11.7 Å². The van der Waals surface area contributed by atoms with Crippen LogP contribution >= 0.6 is 11.8 Å². The number of rotatable bonds is 6. The van der Waals surface area contributed by atoms with Crippen molar-refractivity contribution < 1.29 is 9.21 Å². The molecule has 0 bridgehead atoms. The summed E-state index contributed by atoms with van der Waals surface area (Å²) in [5, 5.41) is 9.06. The highest BCUT2D eigenvalue weighted by Gasteiger charge is 2.21. The molecule has 0 saturated carbocycles. The van der Waals surface area contributed by atoms with Crippen LogP contribution in [0, 0.1) is 13.8 Å². The van der Waals surface area contributed by atoms with Crippen molar-refractivity contribution in [2.24, 2.45) is 0 Å². The Morgan fingerprint density at radius 1 is 1.03 bits per heavy atom. The number of carbonyl (C=O) groups is 1. The van der Waals surface area contributed by atoms with Crippen LogP contribution in [0.3, 0.4) is 0 Å². The summed E-state index contributed by atoms with van der Waals surface area (Å²) >= 11 is 1.46. The summed E-state index contributed by atoms with van der Waals surface area (Å²) in [6, 6.07) is 19.0. The second-order valence-corrected chi connectivity index (χ2v) is 8.51. The van der Waals surface area contributed by atoms with Crippen LogP contribution in [-0.2, 0) is 5.75 Å².